The van der Waals surface area contributed by atoms with Crippen LogP contribution < -0.4 is 0 Å². The third-order valence-electron chi connectivity index (χ3n) is 5.45. The van der Waals surface area contributed by atoms with Crippen LogP contribution in [0.15, 0.2) is 54.9 Å². The molecule has 1 aliphatic rings. The highest BCUT2D eigenvalue weighted by Gasteiger charge is 2.50. The summed E-state index contributed by atoms with van der Waals surface area (Å²) in [5, 5.41) is 9.91. The zero-order valence-electron chi connectivity index (χ0n) is 16.8. The molecule has 7 nitrogen and oxygen atoms in total. The molecule has 0 bridgehead atoms. The van der Waals surface area contributed by atoms with Gasteiger partial charge in [0.25, 0.3) is 5.91 Å². The molecule has 2 heterocycles. The highest BCUT2D eigenvalue weighted by atomic mass is 16.5. The van der Waals surface area contributed by atoms with Crippen molar-refractivity contribution in [2.24, 2.45) is 0 Å². The predicted molar refractivity (Wildman–Crippen MR) is 108 cm³/mol. The Morgan fingerprint density at radius 3 is 2.52 bits per heavy atom. The molecular formula is C22H27N3O4. The van der Waals surface area contributed by atoms with Gasteiger partial charge in [0, 0.05) is 45.4 Å². The molecule has 1 saturated heterocycles. The number of nitrogens with zero attached hydrogens (tertiary/aromatic N) is 3. The minimum absolute atomic E-state index is 0.0446. The van der Waals surface area contributed by atoms with Crippen LogP contribution >= 0.6 is 0 Å². The van der Waals surface area contributed by atoms with Gasteiger partial charge in [0.1, 0.15) is 0 Å². The molecule has 7 heteroatoms. The van der Waals surface area contributed by atoms with Gasteiger partial charge in [-0.05, 0) is 17.7 Å². The summed E-state index contributed by atoms with van der Waals surface area (Å²) in [6.45, 7) is 2.52. The van der Waals surface area contributed by atoms with Crippen molar-refractivity contribution in [1.29, 1.82) is 0 Å². The van der Waals surface area contributed by atoms with Gasteiger partial charge >= 0.3 is 0 Å². The van der Waals surface area contributed by atoms with Gasteiger partial charge in [-0.15, -0.1) is 0 Å². The summed E-state index contributed by atoms with van der Waals surface area (Å²) in [5.41, 5.74) is 1.54. The molecule has 1 N–H and O–H groups in total. The maximum Gasteiger partial charge on any atom is 0.255 e. The van der Waals surface area contributed by atoms with Gasteiger partial charge in [0.2, 0.25) is 5.91 Å². The molecule has 0 radical (unpaired) electrons. The number of carbonyl (C=O) groups is 2. The van der Waals surface area contributed by atoms with E-state index in [1.54, 1.807) is 35.2 Å². The smallest absolute Gasteiger partial charge is 0.255 e. The average molecular weight is 397 g/mol. The summed E-state index contributed by atoms with van der Waals surface area (Å²) >= 11 is 0. The van der Waals surface area contributed by atoms with Gasteiger partial charge in [0.05, 0.1) is 30.9 Å². The van der Waals surface area contributed by atoms with Crippen LogP contribution in [-0.2, 0) is 9.53 Å². The second-order valence-electron chi connectivity index (χ2n) is 7.17. The first-order valence-corrected chi connectivity index (χ1v) is 9.71. The quantitative estimate of drug-likeness (QED) is 0.731. The molecule has 3 rings (SSSR count). The summed E-state index contributed by atoms with van der Waals surface area (Å²) in [7, 11) is 1.59. The summed E-state index contributed by atoms with van der Waals surface area (Å²) < 4.78 is 5.19. The number of amides is 2. The van der Waals surface area contributed by atoms with Crippen LogP contribution in [0.3, 0.4) is 0 Å². The van der Waals surface area contributed by atoms with E-state index in [4.69, 9.17) is 4.74 Å². The van der Waals surface area contributed by atoms with E-state index in [1.807, 2.05) is 30.3 Å². The van der Waals surface area contributed by atoms with E-state index in [1.165, 1.54) is 13.1 Å². The number of hydrogen-bond donors (Lipinski definition) is 1. The topological polar surface area (TPSA) is 83.0 Å². The van der Waals surface area contributed by atoms with Crippen LogP contribution in [0.1, 0.15) is 28.8 Å². The first-order chi connectivity index (χ1) is 14.1. The fourth-order valence-electron chi connectivity index (χ4n) is 4.11. The Hall–Kier alpha value is -2.77. The van der Waals surface area contributed by atoms with E-state index < -0.39 is 0 Å². The van der Waals surface area contributed by atoms with Gasteiger partial charge in [0.15, 0.2) is 0 Å². The fourth-order valence-corrected chi connectivity index (χ4v) is 4.11. The van der Waals surface area contributed by atoms with Crippen molar-refractivity contribution < 1.29 is 19.4 Å². The van der Waals surface area contributed by atoms with Gasteiger partial charge in [-0.3, -0.25) is 14.6 Å². The van der Waals surface area contributed by atoms with E-state index in [9.17, 15) is 14.7 Å². The molecule has 3 atom stereocenters. The van der Waals surface area contributed by atoms with Crippen LogP contribution in [0.25, 0.3) is 0 Å². The van der Waals surface area contributed by atoms with E-state index in [-0.39, 0.29) is 36.4 Å². The highest BCUT2D eigenvalue weighted by Crippen LogP contribution is 2.41. The molecule has 1 aromatic carbocycles. The minimum atomic E-state index is -0.294. The van der Waals surface area contributed by atoms with Gasteiger partial charge in [-0.25, -0.2) is 0 Å². The molecular weight excluding hydrogens is 370 g/mol. The number of aliphatic hydroxyl groups is 1. The van der Waals surface area contributed by atoms with Crippen molar-refractivity contribution in [2.75, 3.05) is 33.4 Å². The lowest BCUT2D eigenvalue weighted by Crippen LogP contribution is -2.68. The number of benzene rings is 1. The molecule has 29 heavy (non-hydrogen) atoms. The number of pyridine rings is 1. The summed E-state index contributed by atoms with van der Waals surface area (Å²) in [6, 6.07) is 12.8. The first-order valence-electron chi connectivity index (χ1n) is 9.71. The van der Waals surface area contributed by atoms with E-state index in [2.05, 4.69) is 4.98 Å². The Bertz CT molecular complexity index is 815. The number of aliphatic hydroxyl groups excluding tert-OH is 1. The Labute approximate surface area is 170 Å². The fraction of sp³-hybridized carbons (Fsp3) is 0.409. The van der Waals surface area contributed by atoms with Crippen molar-refractivity contribution in [3.63, 3.8) is 0 Å². The molecule has 0 saturated carbocycles. The van der Waals surface area contributed by atoms with Crippen molar-refractivity contribution in [3.05, 3.63) is 66.0 Å². The van der Waals surface area contributed by atoms with Crippen LogP contribution in [0.2, 0.25) is 0 Å². The number of carbonyl (C=O) groups excluding carboxylic acids is 2. The van der Waals surface area contributed by atoms with Crippen molar-refractivity contribution >= 4 is 11.8 Å². The van der Waals surface area contributed by atoms with Gasteiger partial charge < -0.3 is 19.6 Å². The van der Waals surface area contributed by atoms with E-state index in [0.29, 0.717) is 25.3 Å². The molecule has 0 aliphatic carbocycles. The maximum absolute atomic E-state index is 13.1. The lowest BCUT2D eigenvalue weighted by Gasteiger charge is -2.55. The lowest BCUT2D eigenvalue weighted by atomic mass is 9.74. The number of rotatable bonds is 8. The number of likely N-dealkylation sites (tertiary alicyclic amines) is 1. The van der Waals surface area contributed by atoms with Gasteiger partial charge in [-0.2, -0.15) is 0 Å². The monoisotopic (exact) mass is 397 g/mol. The Balaban J connectivity index is 1.88. The van der Waals surface area contributed by atoms with Crippen molar-refractivity contribution in [1.82, 2.24) is 14.8 Å². The van der Waals surface area contributed by atoms with Crippen molar-refractivity contribution in [2.45, 2.75) is 24.9 Å². The molecule has 0 spiro atoms. The lowest BCUT2D eigenvalue weighted by molar-refractivity contribution is -0.149. The molecule has 1 aromatic heterocycles. The summed E-state index contributed by atoms with van der Waals surface area (Å²) in [6.07, 6.45) is 3.16. The summed E-state index contributed by atoms with van der Waals surface area (Å²) in [4.78, 5) is 32.8. The standard InChI is InChI=1S/C22H27N3O4/c1-16(27)25-19(21(20(25)15-26)17-7-4-3-5-8-17)14-24(11-12-29-2)22(28)18-9-6-10-23-13-18/h3-10,13,19-21,26H,11-12,14-15H2,1-2H3/t19-,20-,21-/m0/s1. The van der Waals surface area contributed by atoms with Crippen LogP contribution in [0, 0.1) is 0 Å². The zero-order valence-corrected chi connectivity index (χ0v) is 16.8. The predicted octanol–water partition coefficient (Wildman–Crippen LogP) is 1.55. The second kappa shape index (κ2) is 9.62. The molecule has 154 valence electrons. The van der Waals surface area contributed by atoms with Crippen LogP contribution in [-0.4, -0.2) is 77.2 Å². The van der Waals surface area contributed by atoms with Crippen LogP contribution in [0.5, 0.6) is 0 Å². The number of methoxy groups -OCH3 is 1. The second-order valence-corrected chi connectivity index (χ2v) is 7.17. The van der Waals surface area contributed by atoms with Crippen LogP contribution in [0.4, 0.5) is 0 Å². The van der Waals surface area contributed by atoms with Gasteiger partial charge in [-0.1, -0.05) is 30.3 Å². The molecule has 2 aromatic rings. The minimum Gasteiger partial charge on any atom is -0.394 e. The summed E-state index contributed by atoms with van der Waals surface area (Å²) in [5.74, 6) is -0.309. The third-order valence-corrected chi connectivity index (χ3v) is 5.45. The third kappa shape index (κ3) is 4.46. The van der Waals surface area contributed by atoms with Crippen molar-refractivity contribution in [3.8, 4) is 0 Å². The molecule has 1 aliphatic heterocycles. The van der Waals surface area contributed by atoms with E-state index in [0.717, 1.165) is 5.56 Å². The largest absolute Gasteiger partial charge is 0.394 e. The number of hydrogen-bond acceptors (Lipinski definition) is 5. The zero-order chi connectivity index (χ0) is 20.8. The van der Waals surface area contributed by atoms with E-state index >= 15 is 0 Å². The molecule has 1 fully saturated rings. The Morgan fingerprint density at radius 1 is 1.17 bits per heavy atom. The number of aromatic nitrogens is 1. The first kappa shape index (κ1) is 21.0. The maximum atomic E-state index is 13.1. The SMILES string of the molecule is COCCN(C[C@H]1[C@H](c2ccccc2)[C@H](CO)N1C(C)=O)C(=O)c1cccnc1. The Morgan fingerprint density at radius 2 is 1.93 bits per heavy atom. The number of ether oxygens (including phenoxy) is 1. The Kier molecular flexibility index (Phi) is 6.95. The molecule has 2 amide bonds. The highest BCUT2D eigenvalue weighted by molar-refractivity contribution is 5.94. The molecule has 0 unspecified atom stereocenters. The average Bonchev–Trinajstić information content (AvgIpc) is 2.73. The normalized spacial score (nSPS) is 20.8.